The molecule has 0 atom stereocenters. The third-order valence-corrected chi connectivity index (χ3v) is 9.08. The molecular formula is C51H57BClF3KN13O. The van der Waals surface area contributed by atoms with Crippen LogP contribution in [-0.2, 0) is 0 Å². The number of nitrogens with zero attached hydrogens (tertiary/aromatic N) is 13. The van der Waals surface area contributed by atoms with Crippen molar-refractivity contribution in [2.45, 2.75) is 69.2 Å². The van der Waals surface area contributed by atoms with Gasteiger partial charge in [0.2, 0.25) is 0 Å². The van der Waals surface area contributed by atoms with Crippen molar-refractivity contribution in [3.05, 3.63) is 168 Å². The van der Waals surface area contributed by atoms with Gasteiger partial charge in [-0.05, 0) is 154 Å². The van der Waals surface area contributed by atoms with Crippen molar-refractivity contribution in [3.8, 4) is 0 Å². The number of hydrogen-bond acceptors (Lipinski definition) is 11. The first kappa shape index (κ1) is 62.7. The molecule has 0 saturated heterocycles. The van der Waals surface area contributed by atoms with Gasteiger partial charge in [-0.25, -0.2) is 4.98 Å². The summed E-state index contributed by atoms with van der Waals surface area (Å²) in [5.74, 6) is 0. The van der Waals surface area contributed by atoms with Crippen LogP contribution in [0.2, 0.25) is 5.15 Å². The first-order valence-corrected chi connectivity index (χ1v) is 22.7. The monoisotopic (exact) mass is 1010 g/mol. The van der Waals surface area contributed by atoms with Crippen molar-refractivity contribution in [1.29, 1.82) is 0 Å². The van der Waals surface area contributed by atoms with Gasteiger partial charge in [-0.3, -0.25) is 24.3 Å². The minimum Gasteiger partial charge on any atom is -0.521 e. The van der Waals surface area contributed by atoms with Crippen LogP contribution in [0.25, 0.3) is 66.6 Å². The fraction of sp³-hybridized carbons (Fsp3) is 0.196. The van der Waals surface area contributed by atoms with Gasteiger partial charge in [0.25, 0.3) is 0 Å². The first-order chi connectivity index (χ1) is 34.1. The molecule has 0 radical (unpaired) electrons. The molecule has 0 unspecified atom stereocenters. The molecule has 364 valence electrons. The first-order valence-electron chi connectivity index (χ1n) is 22.3. The molecule has 0 saturated carbocycles. The van der Waals surface area contributed by atoms with E-state index in [1.807, 2.05) is 152 Å². The zero-order valence-electron chi connectivity index (χ0n) is 42.0. The zero-order chi connectivity index (χ0) is 52.2. The summed E-state index contributed by atoms with van der Waals surface area (Å²) in [4.78, 5) is 14.8. The van der Waals surface area contributed by atoms with Crippen LogP contribution in [0.4, 0.5) is 12.9 Å². The van der Waals surface area contributed by atoms with E-state index in [2.05, 4.69) is 109 Å². The summed E-state index contributed by atoms with van der Waals surface area (Å²) in [5, 5.41) is 39.1. The molecule has 4 aromatic carbocycles. The Morgan fingerprint density at radius 2 is 0.873 bits per heavy atom. The number of carbonyl (C=O) groups excluding carboxylic acids is 1. The number of halogens is 4. The summed E-state index contributed by atoms with van der Waals surface area (Å²) in [5.41, 5.74) is 10.3. The van der Waals surface area contributed by atoms with Gasteiger partial charge in [-0.15, -0.1) is 15.3 Å². The van der Waals surface area contributed by atoms with Crippen molar-refractivity contribution in [3.63, 3.8) is 0 Å². The largest absolute Gasteiger partial charge is 1.00 e. The Morgan fingerprint density at radius 3 is 1.30 bits per heavy atom. The molecule has 0 aliphatic heterocycles. The summed E-state index contributed by atoms with van der Waals surface area (Å²) in [6, 6.07) is 39.1. The van der Waals surface area contributed by atoms with E-state index in [-0.39, 0.29) is 51.4 Å². The maximum absolute atomic E-state index is 10.6. The quantitative estimate of drug-likeness (QED) is 0.0702. The summed E-state index contributed by atoms with van der Waals surface area (Å²) in [7, 11) is -3.67. The van der Waals surface area contributed by atoms with E-state index in [4.69, 9.17) is 11.6 Å². The number of pyridine rings is 4. The van der Waals surface area contributed by atoms with Crippen LogP contribution in [0.1, 0.15) is 82.4 Å². The van der Waals surface area contributed by atoms with Gasteiger partial charge in [0.15, 0.2) is 16.9 Å². The SMILES string of the molecule is C=Cc1ccc2c(ccc3nnnn32)c1.CC.CC.CC.CC.Cc1ccc2c(ccc3nnnn32)c1.Cc1ccc2nc(Cl)ccc2c1.FB(F)F.O=Cc1ccc2c(ccc3nnnn32)c1.[CH-]=C.[K+]. The summed E-state index contributed by atoms with van der Waals surface area (Å²) in [6.07, 6.45) is 2.65. The minimum absolute atomic E-state index is 0. The Kier molecular flexibility index (Phi) is 30.1. The van der Waals surface area contributed by atoms with E-state index in [0.29, 0.717) is 16.4 Å². The van der Waals surface area contributed by atoms with E-state index in [1.165, 1.54) is 11.1 Å². The van der Waals surface area contributed by atoms with Gasteiger partial charge in [0, 0.05) is 27.1 Å². The molecule has 11 aromatic rings. The van der Waals surface area contributed by atoms with Gasteiger partial charge in [0.1, 0.15) is 11.4 Å². The number of aldehydes is 1. The molecule has 7 heterocycles. The molecular weight excluding hydrogens is 953 g/mol. The predicted molar refractivity (Wildman–Crippen MR) is 281 cm³/mol. The van der Waals surface area contributed by atoms with Gasteiger partial charge in [-0.1, -0.05) is 109 Å². The molecule has 0 bridgehead atoms. The van der Waals surface area contributed by atoms with E-state index in [0.717, 1.165) is 66.8 Å². The van der Waals surface area contributed by atoms with Crippen LogP contribution in [0.3, 0.4) is 0 Å². The van der Waals surface area contributed by atoms with Crippen LogP contribution < -0.4 is 51.4 Å². The second-order valence-electron chi connectivity index (χ2n) is 12.9. The van der Waals surface area contributed by atoms with Crippen LogP contribution in [-0.4, -0.2) is 78.9 Å². The van der Waals surface area contributed by atoms with Crippen LogP contribution in [0, 0.1) is 20.4 Å². The third kappa shape index (κ3) is 18.1. The van der Waals surface area contributed by atoms with E-state index >= 15 is 0 Å². The average molecular weight is 1010 g/mol. The number of aryl methyl sites for hydroxylation is 2. The zero-order valence-corrected chi connectivity index (χ0v) is 45.9. The van der Waals surface area contributed by atoms with E-state index in [9.17, 15) is 17.7 Å². The Balaban J connectivity index is 0.000000435. The van der Waals surface area contributed by atoms with Crippen LogP contribution in [0.15, 0.2) is 134 Å². The van der Waals surface area contributed by atoms with Crippen molar-refractivity contribution in [2.75, 3.05) is 0 Å². The topological polar surface area (TPSA) is 159 Å². The van der Waals surface area contributed by atoms with E-state index < -0.39 is 7.54 Å². The summed E-state index contributed by atoms with van der Waals surface area (Å²) < 4.78 is 34.1. The molecule has 0 amide bonds. The van der Waals surface area contributed by atoms with Gasteiger partial charge in [0.05, 0.1) is 22.1 Å². The van der Waals surface area contributed by atoms with Crippen molar-refractivity contribution in [2.24, 2.45) is 0 Å². The molecule has 0 spiro atoms. The molecule has 0 fully saturated rings. The fourth-order valence-electron chi connectivity index (χ4n) is 6.12. The molecule has 11 rings (SSSR count). The van der Waals surface area contributed by atoms with Crippen LogP contribution >= 0.6 is 11.6 Å². The number of rotatable bonds is 2. The number of tetrazole rings is 3. The number of aromatic nitrogens is 13. The average Bonchev–Trinajstić information content (AvgIpc) is 4.22. The number of fused-ring (bicyclic) bond motifs is 10. The van der Waals surface area contributed by atoms with Crippen LogP contribution in [0.5, 0.6) is 0 Å². The number of carbonyl (C=O) groups is 1. The maximum atomic E-state index is 10.6. The maximum Gasteiger partial charge on any atom is 1.00 e. The molecule has 14 nitrogen and oxygen atoms in total. The fourth-order valence-corrected chi connectivity index (χ4v) is 6.28. The Bertz CT molecular complexity index is 3150. The van der Waals surface area contributed by atoms with Gasteiger partial charge < -0.3 is 6.58 Å². The number of hydrogen-bond donors (Lipinski definition) is 0. The van der Waals surface area contributed by atoms with Crippen molar-refractivity contribution >= 4 is 92.1 Å². The molecule has 20 heteroatoms. The Morgan fingerprint density at radius 1 is 0.521 bits per heavy atom. The summed E-state index contributed by atoms with van der Waals surface area (Å²) >= 11 is 5.75. The van der Waals surface area contributed by atoms with E-state index in [1.54, 1.807) is 19.6 Å². The second kappa shape index (κ2) is 34.1. The number of benzene rings is 4. The third-order valence-electron chi connectivity index (χ3n) is 8.87. The molecule has 0 aliphatic rings. The molecule has 0 aliphatic carbocycles. The normalized spacial score (nSPS) is 9.38. The molecule has 0 N–H and O–H groups in total. The smallest absolute Gasteiger partial charge is 0.521 e. The van der Waals surface area contributed by atoms with Crippen molar-refractivity contribution in [1.82, 2.24) is 65.1 Å². The molecule has 7 aromatic heterocycles. The summed E-state index contributed by atoms with van der Waals surface area (Å²) in [6.45, 7) is 30.9. The Labute approximate surface area is 460 Å². The predicted octanol–water partition coefficient (Wildman–Crippen LogP) is 10.4. The molecule has 71 heavy (non-hydrogen) atoms. The van der Waals surface area contributed by atoms with Gasteiger partial charge >= 0.3 is 58.9 Å². The van der Waals surface area contributed by atoms with Gasteiger partial charge in [-0.2, -0.15) is 13.5 Å². The Hall–Kier alpha value is -6.35. The minimum atomic E-state index is -3.67. The standard InChI is InChI=1S/C11H8N4.C10H8ClN.C10H6N4O.C10H8N4.4C2H6.C2H3.BF3.K/c1-2-8-3-5-10-9(7-8)4-6-11-12-13-14-15(10)11;1-7-2-4-9-8(6-7)3-5-10(11)12-9;15-6-7-1-3-9-8(5-7)2-4-10-11-12-13-14(9)10;1-7-2-4-9-8(6-7)3-5-10-11-12-13-14(9)10;5*1-2;2-1(3)4;/h2-7H,1H2;2-6H,1H3;1-6H;2-6H,1H3;4*1-2H3;1H,2H2;;/q;;;;;;;;-1;;+1. The second-order valence-corrected chi connectivity index (χ2v) is 13.3. The van der Waals surface area contributed by atoms with Crippen molar-refractivity contribution < 1.29 is 69.1 Å².